The van der Waals surface area contributed by atoms with Gasteiger partial charge in [0.25, 0.3) is 0 Å². The van der Waals surface area contributed by atoms with Crippen LogP contribution < -0.4 is 9.80 Å². The summed E-state index contributed by atoms with van der Waals surface area (Å²) in [6, 6.07) is 11.2. The zero-order valence-corrected chi connectivity index (χ0v) is 20.9. The number of piperazine rings is 1. The molecule has 35 heavy (non-hydrogen) atoms. The Kier molecular flexibility index (Phi) is 6.72. The number of ether oxygens (including phenoxy) is 1. The third-order valence-corrected chi connectivity index (χ3v) is 8.49. The van der Waals surface area contributed by atoms with E-state index in [1.807, 2.05) is 44.2 Å². The molecule has 0 aliphatic carbocycles. The Morgan fingerprint density at radius 3 is 2.11 bits per heavy atom. The fourth-order valence-electron chi connectivity index (χ4n) is 4.48. The van der Waals surface area contributed by atoms with Gasteiger partial charge < -0.3 is 19.1 Å². The standard InChI is InChI=1S/C24H30N6O4S/c1-3-19-4-5-20(21-16-18(2)27-34-21)17-22(19)35(31,32)30-10-8-28(9-11-30)23-6-7-24(26-25-23)29-12-14-33-15-13-29/h4-7,16-17H,3,8-15H2,1-2H3. The van der Waals surface area contributed by atoms with Crippen molar-refractivity contribution in [1.82, 2.24) is 19.7 Å². The van der Waals surface area contributed by atoms with Gasteiger partial charge in [-0.1, -0.05) is 24.2 Å². The summed E-state index contributed by atoms with van der Waals surface area (Å²) >= 11 is 0. The summed E-state index contributed by atoms with van der Waals surface area (Å²) < 4.78 is 39.6. The minimum Gasteiger partial charge on any atom is -0.378 e. The van der Waals surface area contributed by atoms with Crippen LogP contribution in [0.25, 0.3) is 11.3 Å². The molecule has 0 bridgehead atoms. The molecule has 3 aromatic rings. The summed E-state index contributed by atoms with van der Waals surface area (Å²) in [5.41, 5.74) is 2.24. The summed E-state index contributed by atoms with van der Waals surface area (Å²) in [5, 5.41) is 12.7. The van der Waals surface area contributed by atoms with Gasteiger partial charge in [0.2, 0.25) is 10.0 Å². The predicted octanol–water partition coefficient (Wildman–Crippen LogP) is 2.35. The third-order valence-electron chi connectivity index (χ3n) is 6.51. The third kappa shape index (κ3) is 4.89. The Morgan fingerprint density at radius 2 is 1.54 bits per heavy atom. The molecule has 0 atom stereocenters. The zero-order chi connectivity index (χ0) is 24.4. The number of nitrogens with zero attached hydrogens (tertiary/aromatic N) is 6. The van der Waals surface area contributed by atoms with Crippen molar-refractivity contribution in [1.29, 1.82) is 0 Å². The highest BCUT2D eigenvalue weighted by Gasteiger charge is 2.31. The lowest BCUT2D eigenvalue weighted by Gasteiger charge is -2.35. The van der Waals surface area contributed by atoms with Crippen molar-refractivity contribution in [2.45, 2.75) is 25.2 Å². The molecule has 2 aliphatic heterocycles. The number of hydrogen-bond donors (Lipinski definition) is 0. The van der Waals surface area contributed by atoms with Crippen LogP contribution in [0.2, 0.25) is 0 Å². The SMILES string of the molecule is CCc1ccc(-c2cc(C)no2)cc1S(=O)(=O)N1CCN(c2ccc(N3CCOCC3)nn2)CC1. The minimum absolute atomic E-state index is 0.328. The first-order chi connectivity index (χ1) is 17.0. The van der Waals surface area contributed by atoms with Gasteiger partial charge in [0.05, 0.1) is 23.8 Å². The fraction of sp³-hybridized carbons (Fsp3) is 0.458. The van der Waals surface area contributed by atoms with E-state index in [1.54, 1.807) is 10.4 Å². The Morgan fingerprint density at radius 1 is 0.886 bits per heavy atom. The van der Waals surface area contributed by atoms with Crippen LogP contribution in [-0.2, 0) is 21.2 Å². The molecule has 5 rings (SSSR count). The van der Waals surface area contributed by atoms with E-state index in [2.05, 4.69) is 25.2 Å². The first-order valence-corrected chi connectivity index (χ1v) is 13.4. The van der Waals surface area contributed by atoms with Crippen LogP contribution in [0.15, 0.2) is 45.8 Å². The molecular weight excluding hydrogens is 468 g/mol. The van der Waals surface area contributed by atoms with E-state index in [-0.39, 0.29) is 0 Å². The number of anilines is 2. The molecule has 11 heteroatoms. The lowest BCUT2D eigenvalue weighted by atomic mass is 10.1. The first-order valence-electron chi connectivity index (χ1n) is 11.9. The van der Waals surface area contributed by atoms with Gasteiger partial charge in [-0.25, -0.2) is 8.42 Å². The number of hydrogen-bond acceptors (Lipinski definition) is 9. The highest BCUT2D eigenvalue weighted by Crippen LogP contribution is 2.29. The number of rotatable bonds is 6. The van der Waals surface area contributed by atoms with Crippen molar-refractivity contribution >= 4 is 21.7 Å². The molecule has 2 saturated heterocycles. The second-order valence-electron chi connectivity index (χ2n) is 8.75. The monoisotopic (exact) mass is 498 g/mol. The summed E-state index contributed by atoms with van der Waals surface area (Å²) in [5.74, 6) is 2.16. The molecule has 1 aromatic carbocycles. The largest absolute Gasteiger partial charge is 0.378 e. The van der Waals surface area contributed by atoms with Gasteiger partial charge in [-0.15, -0.1) is 10.2 Å². The Hall–Kier alpha value is -3.02. The molecule has 10 nitrogen and oxygen atoms in total. The van der Waals surface area contributed by atoms with Gasteiger partial charge in [-0.2, -0.15) is 4.31 Å². The summed E-state index contributed by atoms with van der Waals surface area (Å²) in [4.78, 5) is 4.57. The molecule has 0 unspecified atom stereocenters. The van der Waals surface area contributed by atoms with Gasteiger partial charge in [-0.3, -0.25) is 0 Å². The van der Waals surface area contributed by atoms with E-state index in [9.17, 15) is 8.42 Å². The van der Waals surface area contributed by atoms with Crippen molar-refractivity contribution in [2.75, 3.05) is 62.3 Å². The van der Waals surface area contributed by atoms with Crippen LogP contribution in [-0.4, -0.2) is 80.6 Å². The van der Waals surface area contributed by atoms with Crippen molar-refractivity contribution in [2.24, 2.45) is 0 Å². The molecule has 2 aromatic heterocycles. The number of sulfonamides is 1. The van der Waals surface area contributed by atoms with Gasteiger partial charge in [-0.05, 0) is 37.1 Å². The maximum atomic E-state index is 13.6. The molecule has 2 aliphatic rings. The van der Waals surface area contributed by atoms with E-state index in [1.165, 1.54) is 0 Å². The Labute approximate surface area is 205 Å². The fourth-order valence-corrected chi connectivity index (χ4v) is 6.23. The quantitative estimate of drug-likeness (QED) is 0.506. The van der Waals surface area contributed by atoms with Crippen molar-refractivity contribution in [3.63, 3.8) is 0 Å². The van der Waals surface area contributed by atoms with E-state index in [4.69, 9.17) is 9.26 Å². The lowest BCUT2D eigenvalue weighted by Crippen LogP contribution is -2.49. The summed E-state index contributed by atoms with van der Waals surface area (Å²) in [7, 11) is -3.67. The number of aromatic nitrogens is 3. The van der Waals surface area contributed by atoms with Gasteiger partial charge in [0, 0.05) is 50.9 Å². The topological polar surface area (TPSA) is 105 Å². The minimum atomic E-state index is -3.67. The summed E-state index contributed by atoms with van der Waals surface area (Å²) in [6.07, 6.45) is 0.620. The number of aryl methyl sites for hydroxylation is 2. The molecule has 0 N–H and O–H groups in total. The molecule has 0 saturated carbocycles. The average molecular weight is 499 g/mol. The van der Waals surface area contributed by atoms with Crippen LogP contribution in [0.5, 0.6) is 0 Å². The van der Waals surface area contributed by atoms with E-state index >= 15 is 0 Å². The van der Waals surface area contributed by atoms with Crippen LogP contribution in [0.4, 0.5) is 11.6 Å². The molecule has 186 valence electrons. The first kappa shape index (κ1) is 23.7. The lowest BCUT2D eigenvalue weighted by molar-refractivity contribution is 0.122. The van der Waals surface area contributed by atoms with Gasteiger partial charge in [0.15, 0.2) is 17.4 Å². The van der Waals surface area contributed by atoms with Crippen molar-refractivity contribution in [3.8, 4) is 11.3 Å². The van der Waals surface area contributed by atoms with Crippen LogP contribution in [0.3, 0.4) is 0 Å². The van der Waals surface area contributed by atoms with Crippen LogP contribution in [0, 0.1) is 6.92 Å². The van der Waals surface area contributed by atoms with E-state index < -0.39 is 10.0 Å². The number of morpholine rings is 1. The molecule has 0 spiro atoms. The second kappa shape index (κ2) is 9.92. The van der Waals surface area contributed by atoms with Crippen molar-refractivity contribution in [3.05, 3.63) is 47.7 Å². The molecule has 0 radical (unpaired) electrons. The average Bonchev–Trinajstić information content (AvgIpc) is 3.35. The predicted molar refractivity (Wildman–Crippen MR) is 132 cm³/mol. The van der Waals surface area contributed by atoms with E-state index in [0.29, 0.717) is 62.0 Å². The van der Waals surface area contributed by atoms with Gasteiger partial charge >= 0.3 is 0 Å². The zero-order valence-electron chi connectivity index (χ0n) is 20.1. The Bertz CT molecular complexity index is 1260. The molecule has 0 amide bonds. The highest BCUT2D eigenvalue weighted by molar-refractivity contribution is 7.89. The maximum Gasteiger partial charge on any atom is 0.243 e. The maximum absolute atomic E-state index is 13.6. The van der Waals surface area contributed by atoms with E-state index in [0.717, 1.165) is 36.0 Å². The highest BCUT2D eigenvalue weighted by atomic mass is 32.2. The summed E-state index contributed by atoms with van der Waals surface area (Å²) in [6.45, 7) is 8.66. The van der Waals surface area contributed by atoms with Crippen LogP contribution in [0.1, 0.15) is 18.2 Å². The molecule has 2 fully saturated rings. The Balaban J connectivity index is 1.30. The normalized spacial score (nSPS) is 17.7. The van der Waals surface area contributed by atoms with Crippen LogP contribution >= 0.6 is 0 Å². The van der Waals surface area contributed by atoms with Gasteiger partial charge in [0.1, 0.15) is 0 Å². The molecular formula is C24H30N6O4S. The second-order valence-corrected chi connectivity index (χ2v) is 10.7. The van der Waals surface area contributed by atoms with Crippen molar-refractivity contribution < 1.29 is 17.7 Å². The number of benzene rings is 1. The smallest absolute Gasteiger partial charge is 0.243 e. The molecule has 4 heterocycles.